The van der Waals surface area contributed by atoms with Crippen molar-refractivity contribution in [2.24, 2.45) is 0 Å². The van der Waals surface area contributed by atoms with Crippen LogP contribution in [0.1, 0.15) is 16.4 Å². The first kappa shape index (κ1) is 12.7. The highest BCUT2D eigenvalue weighted by atomic mass is 16.5. The summed E-state index contributed by atoms with van der Waals surface area (Å²) in [5, 5.41) is 18.6. The number of rotatable bonds is 4. The van der Waals surface area contributed by atoms with Gasteiger partial charge in [0.25, 0.3) is 11.7 Å². The molecule has 0 aromatic carbocycles. The number of likely N-dealkylation sites (N-methyl/N-ethyl adjacent to an activating group) is 1. The fourth-order valence-corrected chi connectivity index (χ4v) is 1.32. The number of carbonyl (C=O) groups excluding carboxylic acids is 2. The van der Waals surface area contributed by atoms with E-state index in [-0.39, 0.29) is 12.4 Å². The van der Waals surface area contributed by atoms with Crippen LogP contribution in [0.3, 0.4) is 0 Å². The molecule has 0 saturated carbocycles. The van der Waals surface area contributed by atoms with Crippen LogP contribution in [0.15, 0.2) is 10.6 Å². The predicted molar refractivity (Wildman–Crippen MR) is 61.0 cm³/mol. The number of nitrogens with one attached hydrogen (secondary N) is 2. The van der Waals surface area contributed by atoms with Crippen LogP contribution in [0.5, 0.6) is 0 Å². The van der Waals surface area contributed by atoms with Crippen molar-refractivity contribution in [1.82, 2.24) is 30.7 Å². The minimum atomic E-state index is -0.514. The van der Waals surface area contributed by atoms with E-state index in [0.29, 0.717) is 11.6 Å². The Balaban J connectivity index is 1.90. The Bertz CT molecular complexity index is 576. The number of aromatic amines is 1. The Hall–Kier alpha value is -2.78. The standard InChI is InChI=1S/C9H11N7O3/c1-5-3-6(13-19-5)10-7(17)4-16(2)9(18)8-11-14-15-12-8/h3H,4H2,1-2H3,(H,10,13,17)(H,11,12,14,15). The van der Waals surface area contributed by atoms with E-state index in [4.69, 9.17) is 4.52 Å². The summed E-state index contributed by atoms with van der Waals surface area (Å²) in [6.07, 6.45) is 0. The molecule has 0 bridgehead atoms. The summed E-state index contributed by atoms with van der Waals surface area (Å²) in [4.78, 5) is 24.5. The quantitative estimate of drug-likeness (QED) is 0.740. The van der Waals surface area contributed by atoms with Crippen molar-refractivity contribution < 1.29 is 14.1 Å². The molecule has 0 unspecified atom stereocenters. The fourth-order valence-electron chi connectivity index (χ4n) is 1.32. The predicted octanol–water partition coefficient (Wildman–Crippen LogP) is -0.793. The molecular formula is C9H11N7O3. The van der Waals surface area contributed by atoms with Crippen LogP contribution in [-0.4, -0.2) is 56.1 Å². The monoisotopic (exact) mass is 265 g/mol. The van der Waals surface area contributed by atoms with Gasteiger partial charge in [0, 0.05) is 13.1 Å². The molecule has 2 rings (SSSR count). The maximum Gasteiger partial charge on any atom is 0.295 e. The van der Waals surface area contributed by atoms with Crippen molar-refractivity contribution in [3.63, 3.8) is 0 Å². The number of nitrogens with zero attached hydrogens (tertiary/aromatic N) is 5. The van der Waals surface area contributed by atoms with Gasteiger partial charge in [-0.2, -0.15) is 5.21 Å². The number of amides is 2. The van der Waals surface area contributed by atoms with Gasteiger partial charge in [-0.25, -0.2) is 0 Å². The van der Waals surface area contributed by atoms with Gasteiger partial charge in [0.2, 0.25) is 5.91 Å². The van der Waals surface area contributed by atoms with E-state index < -0.39 is 11.8 Å². The minimum Gasteiger partial charge on any atom is -0.360 e. The molecule has 0 aliphatic heterocycles. The summed E-state index contributed by atoms with van der Waals surface area (Å²) in [7, 11) is 1.45. The van der Waals surface area contributed by atoms with Crippen molar-refractivity contribution in [2.75, 3.05) is 18.9 Å². The lowest BCUT2D eigenvalue weighted by Gasteiger charge is -2.13. The molecule has 10 nitrogen and oxygen atoms in total. The summed E-state index contributed by atoms with van der Waals surface area (Å²) in [6, 6.07) is 1.57. The van der Waals surface area contributed by atoms with Crippen molar-refractivity contribution in [3.05, 3.63) is 17.7 Å². The number of aromatic nitrogens is 5. The number of tetrazole rings is 1. The van der Waals surface area contributed by atoms with Crippen LogP contribution < -0.4 is 5.32 Å². The number of aryl methyl sites for hydroxylation is 1. The molecule has 2 amide bonds. The van der Waals surface area contributed by atoms with E-state index in [1.807, 2.05) is 0 Å². The number of hydrogen-bond acceptors (Lipinski definition) is 7. The van der Waals surface area contributed by atoms with Crippen LogP contribution in [-0.2, 0) is 4.79 Å². The number of hydrogen-bond donors (Lipinski definition) is 2. The van der Waals surface area contributed by atoms with Gasteiger partial charge in [-0.3, -0.25) is 9.59 Å². The Kier molecular flexibility index (Phi) is 3.50. The molecule has 0 spiro atoms. The molecule has 0 saturated heterocycles. The van der Waals surface area contributed by atoms with Gasteiger partial charge in [-0.05, 0) is 12.1 Å². The lowest BCUT2D eigenvalue weighted by molar-refractivity contribution is -0.116. The zero-order chi connectivity index (χ0) is 13.8. The van der Waals surface area contributed by atoms with E-state index in [1.54, 1.807) is 13.0 Å². The Morgan fingerprint density at radius 2 is 2.32 bits per heavy atom. The summed E-state index contributed by atoms with van der Waals surface area (Å²) in [5.41, 5.74) is 0. The lowest BCUT2D eigenvalue weighted by atomic mass is 10.4. The third-order valence-corrected chi connectivity index (χ3v) is 2.16. The van der Waals surface area contributed by atoms with E-state index in [0.717, 1.165) is 4.90 Å². The van der Waals surface area contributed by atoms with Crippen molar-refractivity contribution in [1.29, 1.82) is 0 Å². The molecule has 0 aliphatic rings. The van der Waals surface area contributed by atoms with Crippen LogP contribution in [0.4, 0.5) is 5.82 Å². The molecule has 2 aromatic rings. The molecule has 19 heavy (non-hydrogen) atoms. The second-order valence-corrected chi connectivity index (χ2v) is 3.77. The SMILES string of the molecule is Cc1cc(NC(=O)CN(C)C(=O)c2nn[nH]n2)no1. The summed E-state index contributed by atoms with van der Waals surface area (Å²) >= 11 is 0. The Morgan fingerprint density at radius 3 is 2.89 bits per heavy atom. The highest BCUT2D eigenvalue weighted by Crippen LogP contribution is 2.06. The molecule has 0 aliphatic carbocycles. The maximum atomic E-state index is 11.7. The average Bonchev–Trinajstić information content (AvgIpc) is 2.99. The van der Waals surface area contributed by atoms with Gasteiger partial charge < -0.3 is 14.7 Å². The van der Waals surface area contributed by atoms with Crippen molar-refractivity contribution in [2.45, 2.75) is 6.92 Å². The van der Waals surface area contributed by atoms with Crippen LogP contribution in [0.25, 0.3) is 0 Å². The first-order chi connectivity index (χ1) is 9.06. The highest BCUT2D eigenvalue weighted by molar-refractivity contribution is 5.96. The van der Waals surface area contributed by atoms with E-state index in [9.17, 15) is 9.59 Å². The third kappa shape index (κ3) is 3.12. The topological polar surface area (TPSA) is 130 Å². The molecule has 0 fully saturated rings. The van der Waals surface area contributed by atoms with E-state index in [2.05, 4.69) is 31.1 Å². The van der Waals surface area contributed by atoms with Crippen LogP contribution >= 0.6 is 0 Å². The second kappa shape index (κ2) is 5.25. The number of anilines is 1. The molecule has 100 valence electrons. The second-order valence-electron chi connectivity index (χ2n) is 3.77. The van der Waals surface area contributed by atoms with Crippen LogP contribution in [0.2, 0.25) is 0 Å². The highest BCUT2D eigenvalue weighted by Gasteiger charge is 2.19. The third-order valence-electron chi connectivity index (χ3n) is 2.16. The summed E-state index contributed by atoms with van der Waals surface area (Å²) < 4.78 is 4.80. The Morgan fingerprint density at radius 1 is 1.53 bits per heavy atom. The van der Waals surface area contributed by atoms with Gasteiger partial charge in [0.15, 0.2) is 5.82 Å². The number of H-pyrrole nitrogens is 1. The van der Waals surface area contributed by atoms with Gasteiger partial charge >= 0.3 is 0 Å². The van der Waals surface area contributed by atoms with Gasteiger partial charge in [0.1, 0.15) is 12.3 Å². The van der Waals surface area contributed by atoms with E-state index in [1.165, 1.54) is 7.05 Å². The minimum absolute atomic E-state index is 0.104. The van der Waals surface area contributed by atoms with Gasteiger partial charge in [-0.1, -0.05) is 5.16 Å². The molecular weight excluding hydrogens is 254 g/mol. The maximum absolute atomic E-state index is 11.7. The fraction of sp³-hybridized carbons (Fsp3) is 0.333. The molecule has 2 heterocycles. The van der Waals surface area contributed by atoms with Crippen molar-refractivity contribution in [3.8, 4) is 0 Å². The first-order valence-electron chi connectivity index (χ1n) is 5.28. The molecule has 0 atom stereocenters. The van der Waals surface area contributed by atoms with Gasteiger partial charge in [0.05, 0.1) is 0 Å². The normalized spacial score (nSPS) is 10.2. The summed E-state index contributed by atoms with van der Waals surface area (Å²) in [5.74, 6) is -0.158. The molecule has 0 radical (unpaired) electrons. The van der Waals surface area contributed by atoms with Crippen molar-refractivity contribution >= 4 is 17.6 Å². The first-order valence-corrected chi connectivity index (χ1v) is 5.28. The largest absolute Gasteiger partial charge is 0.360 e. The Labute approximate surface area is 107 Å². The molecule has 2 aromatic heterocycles. The van der Waals surface area contributed by atoms with Gasteiger partial charge in [-0.15, -0.1) is 10.2 Å². The average molecular weight is 265 g/mol. The van der Waals surface area contributed by atoms with Crippen LogP contribution in [0, 0.1) is 6.92 Å². The zero-order valence-electron chi connectivity index (χ0n) is 10.2. The molecule has 2 N–H and O–H groups in total. The zero-order valence-corrected chi connectivity index (χ0v) is 10.2. The summed E-state index contributed by atoms with van der Waals surface area (Å²) in [6.45, 7) is 1.54. The smallest absolute Gasteiger partial charge is 0.295 e. The number of carbonyl (C=O) groups is 2. The molecule has 10 heteroatoms. The lowest BCUT2D eigenvalue weighted by Crippen LogP contribution is -2.35. The van der Waals surface area contributed by atoms with E-state index >= 15 is 0 Å².